The fourth-order valence-corrected chi connectivity index (χ4v) is 3.17. The molecule has 0 unspecified atom stereocenters. The summed E-state index contributed by atoms with van der Waals surface area (Å²) in [5.41, 5.74) is 3.22. The first-order chi connectivity index (χ1) is 13.4. The molecule has 2 rings (SSSR count). The Hall–Kier alpha value is -2.33. The van der Waals surface area contributed by atoms with Gasteiger partial charge in [0.05, 0.1) is 0 Å². The predicted molar refractivity (Wildman–Crippen MR) is 114 cm³/mol. The molecule has 0 saturated heterocycles. The molecule has 0 fully saturated rings. The van der Waals surface area contributed by atoms with Gasteiger partial charge in [0.1, 0.15) is 6.04 Å². The van der Waals surface area contributed by atoms with Crippen LogP contribution in [0.5, 0.6) is 0 Å². The van der Waals surface area contributed by atoms with Crippen LogP contribution in [0.15, 0.2) is 48.5 Å². The molecule has 0 aliphatic carbocycles. The fourth-order valence-electron chi connectivity index (χ4n) is 2.96. The van der Waals surface area contributed by atoms with Gasteiger partial charge >= 0.3 is 0 Å². The first kappa shape index (κ1) is 22.0. The number of amides is 2. The van der Waals surface area contributed by atoms with Crippen molar-refractivity contribution in [3.63, 3.8) is 0 Å². The lowest BCUT2D eigenvalue weighted by atomic mass is 10.1. The van der Waals surface area contributed by atoms with Crippen LogP contribution < -0.4 is 5.32 Å². The molecule has 28 heavy (non-hydrogen) atoms. The lowest BCUT2D eigenvalue weighted by Crippen LogP contribution is -2.47. The van der Waals surface area contributed by atoms with E-state index in [1.807, 2.05) is 56.3 Å². The lowest BCUT2D eigenvalue weighted by Gasteiger charge is -2.29. The van der Waals surface area contributed by atoms with E-state index in [0.29, 0.717) is 31.0 Å². The highest BCUT2D eigenvalue weighted by molar-refractivity contribution is 6.30. The summed E-state index contributed by atoms with van der Waals surface area (Å²) in [5.74, 6) is -0.174. The van der Waals surface area contributed by atoms with Crippen LogP contribution >= 0.6 is 11.6 Å². The maximum atomic E-state index is 13.0. The van der Waals surface area contributed by atoms with E-state index in [9.17, 15) is 9.59 Å². The second-order valence-corrected chi connectivity index (χ2v) is 7.54. The van der Waals surface area contributed by atoms with Gasteiger partial charge < -0.3 is 10.2 Å². The molecule has 0 radical (unpaired) electrons. The summed E-state index contributed by atoms with van der Waals surface area (Å²) < 4.78 is 0. The third-order valence-corrected chi connectivity index (χ3v) is 4.94. The zero-order valence-electron chi connectivity index (χ0n) is 16.9. The van der Waals surface area contributed by atoms with Crippen molar-refractivity contribution in [2.75, 3.05) is 6.54 Å². The zero-order valence-corrected chi connectivity index (χ0v) is 17.6. The van der Waals surface area contributed by atoms with Crippen molar-refractivity contribution in [2.24, 2.45) is 0 Å². The average Bonchev–Trinajstić information content (AvgIpc) is 2.69. The molecule has 0 saturated carbocycles. The van der Waals surface area contributed by atoms with E-state index in [-0.39, 0.29) is 11.8 Å². The highest BCUT2D eigenvalue weighted by Gasteiger charge is 2.25. The van der Waals surface area contributed by atoms with Crippen LogP contribution in [0.2, 0.25) is 5.02 Å². The van der Waals surface area contributed by atoms with Crippen LogP contribution in [0.4, 0.5) is 0 Å². The fraction of sp³-hybridized carbons (Fsp3) is 0.391. The standard InChI is InChI=1S/C23H29ClN2O2/c1-4-14-25-23(28)18(3)26(16-20-6-5-7-21(24)15-20)22(27)13-12-19-10-8-17(2)9-11-19/h5-11,15,18H,4,12-14,16H2,1-3H3,(H,25,28)/t18-/m1/s1. The van der Waals surface area contributed by atoms with E-state index in [1.54, 1.807) is 17.9 Å². The Balaban J connectivity index is 2.12. The first-order valence-corrected chi connectivity index (χ1v) is 10.2. The van der Waals surface area contributed by atoms with Crippen molar-refractivity contribution in [2.45, 2.75) is 52.6 Å². The van der Waals surface area contributed by atoms with Crippen molar-refractivity contribution in [1.82, 2.24) is 10.2 Å². The van der Waals surface area contributed by atoms with Gasteiger partial charge in [-0.2, -0.15) is 0 Å². The maximum absolute atomic E-state index is 13.0. The largest absolute Gasteiger partial charge is 0.354 e. The number of halogens is 1. The van der Waals surface area contributed by atoms with Gasteiger partial charge in [0, 0.05) is 24.5 Å². The highest BCUT2D eigenvalue weighted by atomic mass is 35.5. The molecule has 1 N–H and O–H groups in total. The molecule has 4 nitrogen and oxygen atoms in total. The van der Waals surface area contributed by atoms with Crippen LogP contribution in [-0.2, 0) is 22.6 Å². The molecule has 2 aromatic carbocycles. The van der Waals surface area contributed by atoms with Gasteiger partial charge in [-0.05, 0) is 49.9 Å². The second-order valence-electron chi connectivity index (χ2n) is 7.10. The quantitative estimate of drug-likeness (QED) is 0.672. The minimum atomic E-state index is -0.545. The molecule has 5 heteroatoms. The van der Waals surface area contributed by atoms with E-state index in [0.717, 1.165) is 17.5 Å². The summed E-state index contributed by atoms with van der Waals surface area (Å²) in [5, 5.41) is 3.50. The number of nitrogens with zero attached hydrogens (tertiary/aromatic N) is 1. The third kappa shape index (κ3) is 6.68. The van der Waals surface area contributed by atoms with Crippen molar-refractivity contribution in [3.8, 4) is 0 Å². The summed E-state index contributed by atoms with van der Waals surface area (Å²) >= 11 is 6.09. The second kappa shape index (κ2) is 10.9. The molecule has 2 amide bonds. The SMILES string of the molecule is CCCNC(=O)[C@@H](C)N(Cc1cccc(Cl)c1)C(=O)CCc1ccc(C)cc1. The number of hydrogen-bond donors (Lipinski definition) is 1. The highest BCUT2D eigenvalue weighted by Crippen LogP contribution is 2.16. The molecule has 150 valence electrons. The van der Waals surface area contributed by atoms with Gasteiger partial charge in [-0.25, -0.2) is 0 Å². The molecular weight excluding hydrogens is 372 g/mol. The number of carbonyl (C=O) groups is 2. The number of rotatable bonds is 9. The lowest BCUT2D eigenvalue weighted by molar-refractivity contribution is -0.140. The number of hydrogen-bond acceptors (Lipinski definition) is 2. The Bertz CT molecular complexity index is 789. The summed E-state index contributed by atoms with van der Waals surface area (Å²) in [6.45, 7) is 6.78. The van der Waals surface area contributed by atoms with E-state index < -0.39 is 6.04 Å². The van der Waals surface area contributed by atoms with Gasteiger partial charge in [0.2, 0.25) is 11.8 Å². The minimum Gasteiger partial charge on any atom is -0.354 e. The molecular formula is C23H29ClN2O2. The van der Waals surface area contributed by atoms with Crippen LogP contribution in [0, 0.1) is 6.92 Å². The summed E-state index contributed by atoms with van der Waals surface area (Å²) in [4.78, 5) is 27.1. The van der Waals surface area contributed by atoms with Crippen molar-refractivity contribution in [1.29, 1.82) is 0 Å². The smallest absolute Gasteiger partial charge is 0.242 e. The first-order valence-electron chi connectivity index (χ1n) is 9.78. The normalized spacial score (nSPS) is 11.7. The van der Waals surface area contributed by atoms with E-state index >= 15 is 0 Å². The molecule has 0 spiro atoms. The van der Waals surface area contributed by atoms with Crippen LogP contribution in [0.25, 0.3) is 0 Å². The molecule has 0 heterocycles. The molecule has 1 atom stereocenters. The Morgan fingerprint density at radius 3 is 2.46 bits per heavy atom. The molecule has 0 bridgehead atoms. The number of nitrogens with one attached hydrogen (secondary N) is 1. The maximum Gasteiger partial charge on any atom is 0.242 e. The predicted octanol–water partition coefficient (Wildman–Crippen LogP) is 4.52. The van der Waals surface area contributed by atoms with Gasteiger partial charge in [-0.3, -0.25) is 9.59 Å². The monoisotopic (exact) mass is 400 g/mol. The van der Waals surface area contributed by atoms with Crippen molar-refractivity contribution >= 4 is 23.4 Å². The van der Waals surface area contributed by atoms with Crippen molar-refractivity contribution < 1.29 is 9.59 Å². The Morgan fingerprint density at radius 2 is 1.82 bits per heavy atom. The van der Waals surface area contributed by atoms with E-state index in [1.165, 1.54) is 5.56 Å². The van der Waals surface area contributed by atoms with Gasteiger partial charge in [0.25, 0.3) is 0 Å². The summed E-state index contributed by atoms with van der Waals surface area (Å²) in [6, 6.07) is 15.0. The van der Waals surface area contributed by atoms with Gasteiger partial charge in [-0.15, -0.1) is 0 Å². The van der Waals surface area contributed by atoms with Crippen LogP contribution in [0.3, 0.4) is 0 Å². The number of benzene rings is 2. The van der Waals surface area contributed by atoms with Crippen LogP contribution in [0.1, 0.15) is 43.4 Å². The summed E-state index contributed by atoms with van der Waals surface area (Å²) in [7, 11) is 0. The van der Waals surface area contributed by atoms with Crippen LogP contribution in [-0.4, -0.2) is 29.3 Å². The van der Waals surface area contributed by atoms with E-state index in [2.05, 4.69) is 5.32 Å². The average molecular weight is 401 g/mol. The zero-order chi connectivity index (χ0) is 20.5. The molecule has 0 aromatic heterocycles. The Labute approximate surface area is 172 Å². The molecule has 2 aromatic rings. The molecule has 0 aliphatic rings. The summed E-state index contributed by atoms with van der Waals surface area (Å²) in [6.07, 6.45) is 1.86. The topological polar surface area (TPSA) is 49.4 Å². The van der Waals surface area contributed by atoms with E-state index in [4.69, 9.17) is 11.6 Å². The molecule has 0 aliphatic heterocycles. The number of aryl methyl sites for hydroxylation is 2. The third-order valence-electron chi connectivity index (χ3n) is 4.71. The van der Waals surface area contributed by atoms with Gasteiger partial charge in [-0.1, -0.05) is 60.5 Å². The van der Waals surface area contributed by atoms with Gasteiger partial charge in [0.15, 0.2) is 0 Å². The van der Waals surface area contributed by atoms with Crippen molar-refractivity contribution in [3.05, 3.63) is 70.2 Å². The minimum absolute atomic E-state index is 0.0419. The number of carbonyl (C=O) groups excluding carboxylic acids is 2. The Morgan fingerprint density at radius 1 is 1.11 bits per heavy atom. The Kier molecular flexibility index (Phi) is 8.52.